The number of carbonyl (C=O) groups is 1. The largest absolute Gasteiger partial charge is 0.390 e. The Bertz CT molecular complexity index is 988. The molecule has 9 heteroatoms. The molecule has 3 atom stereocenters. The predicted molar refractivity (Wildman–Crippen MR) is 116 cm³/mol. The SMILES string of the molecule is C[C@@H](OCC(=O)N1CC2CCC(C1)N2c1ccc(C#N)cn1)c1cccc(N=CN)n1. The summed E-state index contributed by atoms with van der Waals surface area (Å²) in [5.41, 5.74) is 6.57. The standard InChI is InChI=1S/C22H25N7O2/c1-15(19-3-2-4-20(27-19)26-14-24)31-13-22(30)28-11-17-6-7-18(12-28)29(17)21-8-5-16(9-23)10-25-21/h2-5,8,10,14-15,17-18H,6-7,11-13H2,1H3,(H2,24,26,27)/t15-,17?,18?/m1/s1. The predicted octanol–water partition coefficient (Wildman–Crippen LogP) is 1.92. The lowest BCUT2D eigenvalue weighted by molar-refractivity contribution is -0.139. The quantitative estimate of drug-likeness (QED) is 0.561. The van der Waals surface area contributed by atoms with Gasteiger partial charge < -0.3 is 20.3 Å². The normalized spacial score (nSPS) is 21.3. The Labute approximate surface area is 181 Å². The number of aromatic nitrogens is 2. The Kier molecular flexibility index (Phi) is 6.09. The molecule has 2 unspecified atom stereocenters. The van der Waals surface area contributed by atoms with E-state index in [-0.39, 0.29) is 30.7 Å². The van der Waals surface area contributed by atoms with Crippen LogP contribution < -0.4 is 10.6 Å². The fourth-order valence-electron chi connectivity index (χ4n) is 4.27. The molecule has 2 aromatic rings. The average molecular weight is 419 g/mol. The van der Waals surface area contributed by atoms with E-state index in [0.29, 0.717) is 30.2 Å². The number of piperazine rings is 1. The topological polar surface area (TPSA) is 121 Å². The van der Waals surface area contributed by atoms with Crippen LogP contribution in [-0.4, -0.2) is 58.9 Å². The van der Waals surface area contributed by atoms with E-state index >= 15 is 0 Å². The van der Waals surface area contributed by atoms with Crippen molar-refractivity contribution < 1.29 is 9.53 Å². The fourth-order valence-corrected chi connectivity index (χ4v) is 4.27. The molecule has 2 aromatic heterocycles. The molecule has 9 nitrogen and oxygen atoms in total. The second-order valence-electron chi connectivity index (χ2n) is 7.76. The van der Waals surface area contributed by atoms with Gasteiger partial charge in [-0.05, 0) is 44.0 Å². The van der Waals surface area contributed by atoms with Gasteiger partial charge in [-0.1, -0.05) is 6.07 Å². The van der Waals surface area contributed by atoms with E-state index in [4.69, 9.17) is 15.7 Å². The Morgan fingerprint density at radius 1 is 1.35 bits per heavy atom. The van der Waals surface area contributed by atoms with E-state index in [9.17, 15) is 4.79 Å². The van der Waals surface area contributed by atoms with Gasteiger partial charge in [-0.25, -0.2) is 15.0 Å². The van der Waals surface area contributed by atoms with Crippen molar-refractivity contribution in [2.75, 3.05) is 24.6 Å². The highest BCUT2D eigenvalue weighted by Crippen LogP contribution is 2.34. The fraction of sp³-hybridized carbons (Fsp3) is 0.409. The molecule has 4 heterocycles. The Balaban J connectivity index is 1.34. The molecule has 1 amide bonds. The third kappa shape index (κ3) is 4.49. The number of ether oxygens (including phenoxy) is 1. The van der Waals surface area contributed by atoms with Crippen molar-refractivity contribution in [2.45, 2.75) is 38.0 Å². The van der Waals surface area contributed by atoms with Crippen LogP contribution in [0.1, 0.15) is 37.1 Å². The number of rotatable bonds is 6. The summed E-state index contributed by atoms with van der Waals surface area (Å²) in [6.07, 6.45) is 4.50. The van der Waals surface area contributed by atoms with Crippen molar-refractivity contribution in [2.24, 2.45) is 10.7 Å². The first kappa shape index (κ1) is 20.8. The Morgan fingerprint density at radius 3 is 2.77 bits per heavy atom. The zero-order valence-corrected chi connectivity index (χ0v) is 17.4. The second kappa shape index (κ2) is 9.10. The van der Waals surface area contributed by atoms with Crippen LogP contribution in [0.3, 0.4) is 0 Å². The van der Waals surface area contributed by atoms with Gasteiger partial charge >= 0.3 is 0 Å². The number of nitrogens with two attached hydrogens (primary N) is 1. The molecule has 0 aliphatic carbocycles. The number of aliphatic imine (C=N–C) groups is 1. The van der Waals surface area contributed by atoms with Crippen LogP contribution in [0.2, 0.25) is 0 Å². The molecule has 2 aliphatic rings. The van der Waals surface area contributed by atoms with Crippen LogP contribution in [0, 0.1) is 11.3 Å². The van der Waals surface area contributed by atoms with Gasteiger partial charge in [0.05, 0.1) is 23.7 Å². The summed E-state index contributed by atoms with van der Waals surface area (Å²) in [5.74, 6) is 1.35. The van der Waals surface area contributed by atoms with E-state index in [2.05, 4.69) is 25.9 Å². The molecule has 0 saturated carbocycles. The molecule has 2 bridgehead atoms. The first-order valence-corrected chi connectivity index (χ1v) is 10.3. The van der Waals surface area contributed by atoms with Gasteiger partial charge in [0, 0.05) is 31.4 Å². The summed E-state index contributed by atoms with van der Waals surface area (Å²) in [5, 5.41) is 8.98. The summed E-state index contributed by atoms with van der Waals surface area (Å²) < 4.78 is 5.81. The number of carbonyl (C=O) groups excluding carboxylic acids is 1. The summed E-state index contributed by atoms with van der Waals surface area (Å²) in [6, 6.07) is 11.7. The smallest absolute Gasteiger partial charge is 0.248 e. The number of amides is 1. The lowest BCUT2D eigenvalue weighted by atomic mass is 10.1. The van der Waals surface area contributed by atoms with Gasteiger partial charge in [-0.3, -0.25) is 4.79 Å². The molecule has 2 aliphatic heterocycles. The first-order chi connectivity index (χ1) is 15.1. The van der Waals surface area contributed by atoms with Crippen LogP contribution in [0.15, 0.2) is 41.5 Å². The highest BCUT2D eigenvalue weighted by molar-refractivity contribution is 5.78. The van der Waals surface area contributed by atoms with Crippen LogP contribution in [-0.2, 0) is 9.53 Å². The number of anilines is 1. The van der Waals surface area contributed by atoms with Gasteiger partial charge in [0.15, 0.2) is 5.82 Å². The van der Waals surface area contributed by atoms with Crippen molar-refractivity contribution in [3.05, 3.63) is 47.8 Å². The first-order valence-electron chi connectivity index (χ1n) is 10.3. The highest BCUT2D eigenvalue weighted by atomic mass is 16.5. The van der Waals surface area contributed by atoms with E-state index in [1.54, 1.807) is 18.3 Å². The van der Waals surface area contributed by atoms with E-state index < -0.39 is 0 Å². The highest BCUT2D eigenvalue weighted by Gasteiger charge is 2.41. The molecule has 0 aromatic carbocycles. The minimum atomic E-state index is -0.335. The summed E-state index contributed by atoms with van der Waals surface area (Å²) >= 11 is 0. The zero-order valence-electron chi connectivity index (χ0n) is 17.4. The maximum absolute atomic E-state index is 12.8. The van der Waals surface area contributed by atoms with E-state index in [1.165, 1.54) is 6.34 Å². The molecule has 2 N–H and O–H groups in total. The number of pyridine rings is 2. The van der Waals surface area contributed by atoms with Crippen molar-refractivity contribution in [1.82, 2.24) is 14.9 Å². The zero-order chi connectivity index (χ0) is 21.8. The van der Waals surface area contributed by atoms with Crippen molar-refractivity contribution in [3.63, 3.8) is 0 Å². The number of fused-ring (bicyclic) bond motifs is 2. The van der Waals surface area contributed by atoms with E-state index in [1.807, 2.05) is 30.0 Å². The molecule has 2 saturated heterocycles. The molecule has 31 heavy (non-hydrogen) atoms. The summed E-state index contributed by atoms with van der Waals surface area (Å²) in [7, 11) is 0. The minimum absolute atomic E-state index is 0.00177. The molecule has 2 fully saturated rings. The molecule has 160 valence electrons. The molecule has 0 radical (unpaired) electrons. The monoisotopic (exact) mass is 419 g/mol. The maximum Gasteiger partial charge on any atom is 0.248 e. The summed E-state index contributed by atoms with van der Waals surface area (Å²) in [4.78, 5) is 29.8. The lowest BCUT2D eigenvalue weighted by Crippen LogP contribution is -2.56. The number of hydrogen-bond acceptors (Lipinski definition) is 7. The van der Waals surface area contributed by atoms with Crippen LogP contribution in [0.5, 0.6) is 0 Å². The molecular formula is C22H25N7O2. The summed E-state index contributed by atoms with van der Waals surface area (Å²) in [6.45, 7) is 3.16. The Hall–Kier alpha value is -3.51. The van der Waals surface area contributed by atoms with Gasteiger partial charge in [-0.15, -0.1) is 0 Å². The maximum atomic E-state index is 12.8. The third-order valence-electron chi connectivity index (χ3n) is 5.81. The van der Waals surface area contributed by atoms with Gasteiger partial charge in [0.1, 0.15) is 18.5 Å². The number of nitriles is 1. The van der Waals surface area contributed by atoms with Crippen molar-refractivity contribution >= 4 is 23.9 Å². The van der Waals surface area contributed by atoms with E-state index in [0.717, 1.165) is 18.7 Å². The van der Waals surface area contributed by atoms with Crippen molar-refractivity contribution in [1.29, 1.82) is 5.26 Å². The second-order valence-corrected chi connectivity index (χ2v) is 7.76. The molecule has 0 spiro atoms. The van der Waals surface area contributed by atoms with Gasteiger partial charge in [-0.2, -0.15) is 5.26 Å². The third-order valence-corrected chi connectivity index (χ3v) is 5.81. The van der Waals surface area contributed by atoms with Crippen LogP contribution >= 0.6 is 0 Å². The number of nitrogens with zero attached hydrogens (tertiary/aromatic N) is 6. The number of likely N-dealkylation sites (tertiary alicyclic amines) is 1. The van der Waals surface area contributed by atoms with Crippen LogP contribution in [0.4, 0.5) is 11.6 Å². The van der Waals surface area contributed by atoms with Gasteiger partial charge in [0.2, 0.25) is 5.91 Å². The number of hydrogen-bond donors (Lipinski definition) is 1. The van der Waals surface area contributed by atoms with Crippen molar-refractivity contribution in [3.8, 4) is 6.07 Å². The van der Waals surface area contributed by atoms with Crippen LogP contribution in [0.25, 0.3) is 0 Å². The van der Waals surface area contributed by atoms with Gasteiger partial charge in [0.25, 0.3) is 0 Å². The lowest BCUT2D eigenvalue weighted by Gasteiger charge is -2.41. The Morgan fingerprint density at radius 2 is 2.13 bits per heavy atom. The average Bonchev–Trinajstić information content (AvgIpc) is 3.06. The minimum Gasteiger partial charge on any atom is -0.390 e. The molecular weight excluding hydrogens is 394 g/mol. The molecule has 4 rings (SSSR count).